The number of piperidine rings is 1. The minimum atomic E-state index is -0.540. The molecular formula is C35H43NO2. The average Bonchev–Trinajstić information content (AvgIpc) is 3.25. The van der Waals surface area contributed by atoms with Gasteiger partial charge in [0, 0.05) is 37.5 Å². The second kappa shape index (κ2) is 9.86. The van der Waals surface area contributed by atoms with Crippen molar-refractivity contribution in [2.75, 3.05) is 18.0 Å². The molecule has 0 radical (unpaired) electrons. The van der Waals surface area contributed by atoms with Crippen molar-refractivity contribution >= 4 is 17.3 Å². The topological polar surface area (TPSA) is 37.4 Å². The molecule has 1 aliphatic heterocycles. The Morgan fingerprint density at radius 1 is 1.05 bits per heavy atom. The smallest absolute Gasteiger partial charge is 0.156 e. The fourth-order valence-electron chi connectivity index (χ4n) is 9.30. The van der Waals surface area contributed by atoms with Gasteiger partial charge in [-0.3, -0.25) is 9.59 Å². The van der Waals surface area contributed by atoms with Crippen LogP contribution in [0.5, 0.6) is 0 Å². The van der Waals surface area contributed by atoms with Gasteiger partial charge in [0.05, 0.1) is 5.41 Å². The molecule has 3 heteroatoms. The van der Waals surface area contributed by atoms with Crippen LogP contribution in [0.2, 0.25) is 0 Å². The van der Waals surface area contributed by atoms with Crippen LogP contribution in [0.4, 0.5) is 5.69 Å². The van der Waals surface area contributed by atoms with Crippen molar-refractivity contribution in [2.45, 2.75) is 97.3 Å². The third kappa shape index (κ3) is 3.85. The van der Waals surface area contributed by atoms with Gasteiger partial charge in [0.2, 0.25) is 0 Å². The van der Waals surface area contributed by atoms with Crippen LogP contribution in [-0.4, -0.2) is 24.7 Å². The van der Waals surface area contributed by atoms with Crippen LogP contribution >= 0.6 is 0 Å². The third-order valence-electron chi connectivity index (χ3n) is 11.1. The predicted molar refractivity (Wildman–Crippen MR) is 154 cm³/mol. The zero-order valence-electron chi connectivity index (χ0n) is 23.6. The first kappa shape index (κ1) is 25.7. The molecule has 1 heterocycles. The van der Waals surface area contributed by atoms with E-state index in [4.69, 9.17) is 0 Å². The number of allylic oxidation sites excluding steroid dienone is 4. The predicted octanol–water partition coefficient (Wildman–Crippen LogP) is 7.57. The maximum atomic E-state index is 13.7. The Labute approximate surface area is 229 Å². The van der Waals surface area contributed by atoms with Gasteiger partial charge in [-0.05, 0) is 117 Å². The van der Waals surface area contributed by atoms with Gasteiger partial charge in [-0.15, -0.1) is 5.92 Å². The van der Waals surface area contributed by atoms with Crippen molar-refractivity contribution in [3.8, 4) is 11.8 Å². The molecule has 0 N–H and O–H groups in total. The summed E-state index contributed by atoms with van der Waals surface area (Å²) in [5.41, 5.74) is 6.42. The highest BCUT2D eigenvalue weighted by molar-refractivity contribution is 5.93. The molecule has 0 bridgehead atoms. The van der Waals surface area contributed by atoms with E-state index >= 15 is 0 Å². The molecular weight excluding hydrogens is 466 g/mol. The highest BCUT2D eigenvalue weighted by atomic mass is 16.1. The number of anilines is 1. The Hall–Kier alpha value is -2.60. The van der Waals surface area contributed by atoms with Crippen LogP contribution in [0.1, 0.15) is 103 Å². The minimum Gasteiger partial charge on any atom is -0.372 e. The molecule has 200 valence electrons. The van der Waals surface area contributed by atoms with Crippen molar-refractivity contribution in [1.82, 2.24) is 0 Å². The van der Waals surface area contributed by atoms with E-state index in [0.717, 1.165) is 51.6 Å². The van der Waals surface area contributed by atoms with Gasteiger partial charge in [-0.1, -0.05) is 37.5 Å². The number of benzene rings is 1. The second-order valence-corrected chi connectivity index (χ2v) is 12.7. The first-order valence-electron chi connectivity index (χ1n) is 15.2. The van der Waals surface area contributed by atoms with Crippen LogP contribution < -0.4 is 4.90 Å². The number of carbonyl (C=O) groups excluding carboxylic acids is 2. The lowest BCUT2D eigenvalue weighted by atomic mass is 9.48. The standard InChI is InChI=1S/C35H43NO2/c1-4-18-35(32(38)5-2)19-17-31-29-15-11-25-22-27(37)14-16-28(25)33(29)30(23-34(31,35)3)24-9-12-26(13-10-24)36-20-7-6-8-21-36/h9-10,12-13,22,29-31H,5-8,11,14-17,19-21,23H2,1-3H3/t29-,30+,31-,34-,35+/m0/s1. The van der Waals surface area contributed by atoms with Crippen molar-refractivity contribution < 1.29 is 9.59 Å². The van der Waals surface area contributed by atoms with Crippen LogP contribution in [0.3, 0.4) is 0 Å². The molecule has 5 atom stereocenters. The van der Waals surface area contributed by atoms with E-state index in [1.54, 1.807) is 5.57 Å². The van der Waals surface area contributed by atoms with Crippen molar-refractivity contribution in [1.29, 1.82) is 0 Å². The van der Waals surface area contributed by atoms with Gasteiger partial charge < -0.3 is 4.90 Å². The first-order chi connectivity index (χ1) is 18.4. The van der Waals surface area contributed by atoms with Crippen molar-refractivity contribution in [2.24, 2.45) is 22.7 Å². The van der Waals surface area contributed by atoms with Gasteiger partial charge in [-0.25, -0.2) is 0 Å². The van der Waals surface area contributed by atoms with Crippen LogP contribution in [0, 0.1) is 34.5 Å². The Morgan fingerprint density at radius 2 is 1.82 bits per heavy atom. The van der Waals surface area contributed by atoms with Gasteiger partial charge in [0.1, 0.15) is 0 Å². The minimum absolute atomic E-state index is 0.139. The highest BCUT2D eigenvalue weighted by Crippen LogP contribution is 2.69. The normalized spacial score (nSPS) is 34.5. The maximum absolute atomic E-state index is 13.7. The van der Waals surface area contributed by atoms with Gasteiger partial charge in [-0.2, -0.15) is 0 Å². The Kier molecular flexibility index (Phi) is 6.66. The number of nitrogens with zero attached hydrogens (tertiary/aromatic N) is 1. The number of hydrogen-bond acceptors (Lipinski definition) is 3. The molecule has 5 aliphatic rings. The number of ketones is 2. The Balaban J connectivity index is 1.47. The molecule has 1 saturated heterocycles. The first-order valence-corrected chi connectivity index (χ1v) is 15.2. The number of hydrogen-bond donors (Lipinski definition) is 0. The summed E-state index contributed by atoms with van der Waals surface area (Å²) in [4.78, 5) is 28.6. The van der Waals surface area contributed by atoms with Crippen molar-refractivity contribution in [3.05, 3.63) is 52.6 Å². The molecule has 0 spiro atoms. The van der Waals surface area contributed by atoms with Crippen LogP contribution in [-0.2, 0) is 9.59 Å². The Bertz CT molecular complexity index is 1250. The third-order valence-corrected chi connectivity index (χ3v) is 11.1. The molecule has 1 aromatic rings. The quantitative estimate of drug-likeness (QED) is 0.393. The molecule has 1 aromatic carbocycles. The van der Waals surface area contributed by atoms with E-state index in [0.29, 0.717) is 30.5 Å². The lowest BCUT2D eigenvalue weighted by molar-refractivity contribution is -0.132. The summed E-state index contributed by atoms with van der Waals surface area (Å²) in [6, 6.07) is 9.42. The van der Waals surface area contributed by atoms with E-state index in [9.17, 15) is 9.59 Å². The monoisotopic (exact) mass is 509 g/mol. The van der Waals surface area contributed by atoms with E-state index in [1.807, 2.05) is 19.9 Å². The largest absolute Gasteiger partial charge is 0.372 e. The van der Waals surface area contributed by atoms with E-state index < -0.39 is 5.41 Å². The van der Waals surface area contributed by atoms with Gasteiger partial charge in [0.15, 0.2) is 11.6 Å². The van der Waals surface area contributed by atoms with Crippen molar-refractivity contribution in [3.63, 3.8) is 0 Å². The summed E-state index contributed by atoms with van der Waals surface area (Å²) in [6.45, 7) is 8.64. The summed E-state index contributed by atoms with van der Waals surface area (Å²) >= 11 is 0. The van der Waals surface area contributed by atoms with Crippen LogP contribution in [0.15, 0.2) is 47.1 Å². The number of Topliss-reactive ketones (excluding diaryl/α,β-unsaturated/α-hetero) is 1. The zero-order chi connectivity index (χ0) is 26.5. The lowest BCUT2D eigenvalue weighted by Crippen LogP contribution is -2.50. The maximum Gasteiger partial charge on any atom is 0.156 e. The van der Waals surface area contributed by atoms with E-state index in [1.165, 1.54) is 41.7 Å². The average molecular weight is 510 g/mol. The summed E-state index contributed by atoms with van der Waals surface area (Å²) in [5, 5.41) is 0. The number of fused-ring (bicyclic) bond motifs is 4. The van der Waals surface area contributed by atoms with Gasteiger partial charge >= 0.3 is 0 Å². The highest BCUT2D eigenvalue weighted by Gasteiger charge is 2.65. The molecule has 38 heavy (non-hydrogen) atoms. The fourth-order valence-corrected chi connectivity index (χ4v) is 9.30. The molecule has 6 rings (SSSR count). The zero-order valence-corrected chi connectivity index (χ0v) is 23.6. The van der Waals surface area contributed by atoms with E-state index in [2.05, 4.69) is 47.9 Å². The summed E-state index contributed by atoms with van der Waals surface area (Å²) < 4.78 is 0. The Morgan fingerprint density at radius 3 is 2.53 bits per heavy atom. The lowest BCUT2D eigenvalue weighted by Gasteiger charge is -2.54. The van der Waals surface area contributed by atoms with Crippen LogP contribution in [0.25, 0.3) is 0 Å². The number of rotatable bonds is 4. The fraction of sp³-hybridized carbons (Fsp3) is 0.600. The molecule has 0 amide bonds. The summed E-state index contributed by atoms with van der Waals surface area (Å²) in [6.07, 6.45) is 13.0. The molecule has 2 saturated carbocycles. The molecule has 3 fully saturated rings. The summed E-state index contributed by atoms with van der Waals surface area (Å²) in [5.74, 6) is 8.63. The molecule has 0 unspecified atom stereocenters. The summed E-state index contributed by atoms with van der Waals surface area (Å²) in [7, 11) is 0. The number of carbonyl (C=O) groups is 2. The SMILES string of the molecule is CC#C[C@]1(C(=O)CC)CC[C@H]2[C@@H]3CCC4=CC(=O)CCC4=C3[C@@H](c3ccc(N4CCCCC4)cc3)C[C@@]21C. The molecule has 4 aliphatic carbocycles. The second-order valence-electron chi connectivity index (χ2n) is 12.7. The van der Waals surface area contributed by atoms with Gasteiger partial charge in [0.25, 0.3) is 0 Å². The van der Waals surface area contributed by atoms with E-state index in [-0.39, 0.29) is 17.1 Å². The molecule has 3 nitrogen and oxygen atoms in total. The molecule has 0 aromatic heterocycles.